The average molecular weight is 364 g/mol. The normalized spacial score (nSPS) is 10.7. The van der Waals surface area contributed by atoms with Crippen LogP contribution in [-0.2, 0) is 13.0 Å². The minimum absolute atomic E-state index is 0.0376. The number of nitriles is 1. The average Bonchev–Trinajstić information content (AvgIpc) is 2.66. The maximum atomic E-state index is 12.8. The number of rotatable bonds is 5. The van der Waals surface area contributed by atoms with Crippen LogP contribution in [0.1, 0.15) is 30.0 Å². The van der Waals surface area contributed by atoms with E-state index < -0.39 is 16.2 Å². The first-order valence-corrected chi connectivity index (χ1v) is 8.38. The Labute approximate surface area is 153 Å². The smallest absolute Gasteiger partial charge is 0.306 e. The minimum atomic E-state index is -0.630. The number of H-pyrrole nitrogens is 1. The molecule has 0 amide bonds. The third kappa shape index (κ3) is 3.35. The second kappa shape index (κ2) is 7.25. The molecule has 8 heteroatoms. The van der Waals surface area contributed by atoms with E-state index in [1.807, 2.05) is 13.0 Å². The van der Waals surface area contributed by atoms with Crippen LogP contribution in [0.15, 0.2) is 46.0 Å². The number of nitro benzene ring substituents is 1. The molecule has 3 rings (SSSR count). The second-order valence-electron chi connectivity index (χ2n) is 6.12. The van der Waals surface area contributed by atoms with E-state index in [1.54, 1.807) is 24.3 Å². The van der Waals surface area contributed by atoms with Crippen molar-refractivity contribution in [1.29, 1.82) is 5.26 Å². The first-order valence-electron chi connectivity index (χ1n) is 8.38. The molecule has 0 fully saturated rings. The fraction of sp³-hybridized carbons (Fsp3) is 0.211. The highest BCUT2D eigenvalue weighted by molar-refractivity contribution is 5.84. The van der Waals surface area contributed by atoms with Crippen LogP contribution in [-0.4, -0.2) is 14.5 Å². The maximum Gasteiger partial charge on any atom is 0.329 e. The largest absolute Gasteiger partial charge is 0.329 e. The van der Waals surface area contributed by atoms with E-state index in [-0.39, 0.29) is 23.1 Å². The van der Waals surface area contributed by atoms with Gasteiger partial charge in [0.25, 0.3) is 11.2 Å². The Balaban J connectivity index is 2.18. The number of aromatic nitrogens is 2. The van der Waals surface area contributed by atoms with Gasteiger partial charge in [0.15, 0.2) is 0 Å². The quantitative estimate of drug-likeness (QED) is 0.550. The van der Waals surface area contributed by atoms with Crippen LogP contribution in [0.5, 0.6) is 0 Å². The number of aryl methyl sites for hydroxylation is 1. The zero-order valence-corrected chi connectivity index (χ0v) is 14.6. The van der Waals surface area contributed by atoms with Crippen molar-refractivity contribution in [2.75, 3.05) is 0 Å². The van der Waals surface area contributed by atoms with Crippen molar-refractivity contribution >= 4 is 16.6 Å². The molecule has 1 N–H and O–H groups in total. The predicted molar refractivity (Wildman–Crippen MR) is 99.7 cm³/mol. The molecule has 1 heterocycles. The zero-order chi connectivity index (χ0) is 19.6. The van der Waals surface area contributed by atoms with Crippen molar-refractivity contribution in [3.05, 3.63) is 84.0 Å². The summed E-state index contributed by atoms with van der Waals surface area (Å²) < 4.78 is 1.05. The zero-order valence-electron chi connectivity index (χ0n) is 14.6. The SMILES string of the molecule is CCCc1c([N+](=O)[O-])ccc2c(=O)n(Cc3ccc(C#N)cc3)c(=O)[nH]c12. The molecule has 0 aliphatic heterocycles. The number of nitrogens with one attached hydrogen (secondary N) is 1. The van der Waals surface area contributed by atoms with Crippen LogP contribution >= 0.6 is 0 Å². The standard InChI is InChI=1S/C19H16N4O4/c1-2-3-14-16(23(26)27)9-8-15-17(14)21-19(25)22(18(15)24)11-13-6-4-12(10-20)5-7-13/h4-9H,2-3,11H2,1H3,(H,21,25). The van der Waals surface area contributed by atoms with Crippen molar-refractivity contribution in [2.45, 2.75) is 26.3 Å². The molecule has 0 atom stereocenters. The van der Waals surface area contributed by atoms with Gasteiger partial charge in [0, 0.05) is 6.07 Å². The Bertz CT molecular complexity index is 1180. The lowest BCUT2D eigenvalue weighted by molar-refractivity contribution is -0.385. The van der Waals surface area contributed by atoms with E-state index in [4.69, 9.17) is 5.26 Å². The number of hydrogen-bond acceptors (Lipinski definition) is 5. The molecule has 1 aromatic heterocycles. The molecule has 0 saturated carbocycles. The van der Waals surface area contributed by atoms with Gasteiger partial charge in [-0.1, -0.05) is 25.5 Å². The molecule has 136 valence electrons. The van der Waals surface area contributed by atoms with Crippen LogP contribution in [0.4, 0.5) is 5.69 Å². The topological polar surface area (TPSA) is 122 Å². The Morgan fingerprint density at radius 2 is 1.89 bits per heavy atom. The number of fused-ring (bicyclic) bond motifs is 1. The van der Waals surface area contributed by atoms with Gasteiger partial charge in [-0.05, 0) is 30.2 Å². The van der Waals surface area contributed by atoms with Gasteiger partial charge in [0.1, 0.15) is 0 Å². The van der Waals surface area contributed by atoms with Gasteiger partial charge in [0.2, 0.25) is 0 Å². The van der Waals surface area contributed by atoms with Gasteiger partial charge >= 0.3 is 5.69 Å². The molecule has 27 heavy (non-hydrogen) atoms. The fourth-order valence-electron chi connectivity index (χ4n) is 3.05. The summed E-state index contributed by atoms with van der Waals surface area (Å²) in [6, 6.07) is 11.3. The minimum Gasteiger partial charge on any atom is -0.306 e. The third-order valence-corrected chi connectivity index (χ3v) is 4.36. The number of nitrogens with zero attached hydrogens (tertiary/aromatic N) is 3. The van der Waals surface area contributed by atoms with E-state index in [2.05, 4.69) is 4.98 Å². The van der Waals surface area contributed by atoms with Crippen LogP contribution in [0.2, 0.25) is 0 Å². The number of hydrogen-bond donors (Lipinski definition) is 1. The van der Waals surface area contributed by atoms with E-state index in [0.717, 1.165) is 4.57 Å². The third-order valence-electron chi connectivity index (χ3n) is 4.36. The van der Waals surface area contributed by atoms with Crippen molar-refractivity contribution in [3.8, 4) is 6.07 Å². The summed E-state index contributed by atoms with van der Waals surface area (Å²) in [5, 5.41) is 20.4. The number of aromatic amines is 1. The molecule has 2 aromatic carbocycles. The summed E-state index contributed by atoms with van der Waals surface area (Å²) in [6.45, 7) is 1.91. The van der Waals surface area contributed by atoms with Crippen molar-refractivity contribution in [3.63, 3.8) is 0 Å². The van der Waals surface area contributed by atoms with Gasteiger partial charge in [-0.25, -0.2) is 4.79 Å². The Hall–Kier alpha value is -3.73. The van der Waals surface area contributed by atoms with Crippen LogP contribution in [0, 0.1) is 21.4 Å². The number of nitro groups is 1. The van der Waals surface area contributed by atoms with Gasteiger partial charge in [0.05, 0.1) is 39.6 Å². The lowest BCUT2D eigenvalue weighted by Crippen LogP contribution is -2.35. The van der Waals surface area contributed by atoms with E-state index in [0.29, 0.717) is 29.5 Å². The molecule has 3 aromatic rings. The van der Waals surface area contributed by atoms with Gasteiger partial charge in [-0.3, -0.25) is 19.5 Å². The van der Waals surface area contributed by atoms with E-state index in [1.165, 1.54) is 12.1 Å². The predicted octanol–water partition coefficient (Wildman–Crippen LogP) is 2.47. The summed E-state index contributed by atoms with van der Waals surface area (Å²) in [6.07, 6.45) is 1.01. The second-order valence-corrected chi connectivity index (χ2v) is 6.12. The first-order chi connectivity index (χ1) is 13.0. The summed E-state index contributed by atoms with van der Waals surface area (Å²) >= 11 is 0. The van der Waals surface area contributed by atoms with Crippen LogP contribution < -0.4 is 11.2 Å². The Morgan fingerprint density at radius 1 is 1.19 bits per heavy atom. The molecule has 0 radical (unpaired) electrons. The lowest BCUT2D eigenvalue weighted by Gasteiger charge is -2.10. The Kier molecular flexibility index (Phi) is 4.86. The molecular formula is C19H16N4O4. The molecule has 0 unspecified atom stereocenters. The molecular weight excluding hydrogens is 348 g/mol. The molecule has 0 aliphatic rings. The maximum absolute atomic E-state index is 12.8. The fourth-order valence-corrected chi connectivity index (χ4v) is 3.05. The number of benzene rings is 2. The van der Waals surface area contributed by atoms with Gasteiger partial charge in [-0.15, -0.1) is 0 Å². The molecule has 8 nitrogen and oxygen atoms in total. The lowest BCUT2D eigenvalue weighted by atomic mass is 10.0. The summed E-state index contributed by atoms with van der Waals surface area (Å²) in [5.41, 5.74) is 0.507. The first kappa shape index (κ1) is 18.1. The summed E-state index contributed by atoms with van der Waals surface area (Å²) in [5.74, 6) is 0. The van der Waals surface area contributed by atoms with Gasteiger partial charge in [-0.2, -0.15) is 5.26 Å². The van der Waals surface area contributed by atoms with Crippen molar-refractivity contribution in [2.24, 2.45) is 0 Å². The van der Waals surface area contributed by atoms with E-state index >= 15 is 0 Å². The summed E-state index contributed by atoms with van der Waals surface area (Å²) in [7, 11) is 0. The molecule has 0 aliphatic carbocycles. The van der Waals surface area contributed by atoms with Crippen LogP contribution in [0.3, 0.4) is 0 Å². The van der Waals surface area contributed by atoms with E-state index in [9.17, 15) is 19.7 Å². The Morgan fingerprint density at radius 3 is 2.48 bits per heavy atom. The van der Waals surface area contributed by atoms with Crippen molar-refractivity contribution in [1.82, 2.24) is 9.55 Å². The van der Waals surface area contributed by atoms with Gasteiger partial charge < -0.3 is 4.98 Å². The molecule has 0 saturated heterocycles. The monoisotopic (exact) mass is 364 g/mol. The highest BCUT2D eigenvalue weighted by Crippen LogP contribution is 2.25. The van der Waals surface area contributed by atoms with Crippen molar-refractivity contribution < 1.29 is 4.92 Å². The highest BCUT2D eigenvalue weighted by atomic mass is 16.6. The summed E-state index contributed by atoms with van der Waals surface area (Å²) in [4.78, 5) is 38.7. The highest BCUT2D eigenvalue weighted by Gasteiger charge is 2.19. The molecule has 0 bridgehead atoms. The van der Waals surface area contributed by atoms with Crippen LogP contribution in [0.25, 0.3) is 10.9 Å². The molecule has 0 spiro atoms.